The van der Waals surface area contributed by atoms with Crippen molar-refractivity contribution in [3.63, 3.8) is 0 Å². The third-order valence-corrected chi connectivity index (χ3v) is 9.80. The molecule has 0 aromatic carbocycles. The molecule has 2 fully saturated rings. The number of hydrogen-bond acceptors (Lipinski definition) is 15. The Bertz CT molecular complexity index is 2150. The Kier molecular flexibility index (Phi) is 12.4. The maximum atomic E-state index is 13.5. The molecule has 57 heavy (non-hydrogen) atoms. The molecule has 0 bridgehead atoms. The first kappa shape index (κ1) is 43.1. The van der Waals surface area contributed by atoms with E-state index in [2.05, 4.69) is 29.6 Å². The molecule has 2 N–H and O–H groups in total. The monoisotopic (exact) mass is 836 g/mol. The van der Waals surface area contributed by atoms with Crippen LogP contribution in [0.5, 0.6) is 5.75 Å². The van der Waals surface area contributed by atoms with Crippen molar-refractivity contribution in [2.24, 2.45) is 12.2 Å². The Morgan fingerprint density at radius 1 is 1.09 bits per heavy atom. The number of hydrogen-bond donors (Lipinski definition) is 2. The highest BCUT2D eigenvalue weighted by Crippen LogP contribution is 2.33. The van der Waals surface area contributed by atoms with Gasteiger partial charge in [-0.2, -0.15) is 13.7 Å². The Morgan fingerprint density at radius 2 is 1.79 bits per heavy atom. The van der Waals surface area contributed by atoms with Crippen molar-refractivity contribution in [2.75, 3.05) is 31.6 Å². The number of carbonyl (C=O) groups excluding carboxylic acids is 4. The third-order valence-electron chi connectivity index (χ3n) is 8.71. The van der Waals surface area contributed by atoms with Crippen molar-refractivity contribution in [3.05, 3.63) is 41.3 Å². The summed E-state index contributed by atoms with van der Waals surface area (Å²) in [5.74, 6) is -1.30. The smallest absolute Gasteiger partial charge is 0.413 e. The van der Waals surface area contributed by atoms with E-state index in [1.165, 1.54) is 19.2 Å². The van der Waals surface area contributed by atoms with Gasteiger partial charge in [-0.3, -0.25) is 14.9 Å². The Balaban J connectivity index is 1.25. The molecule has 312 valence electrons. The molecule has 1 unspecified atom stereocenters. The maximum Gasteiger partial charge on any atom is 0.413 e. The van der Waals surface area contributed by atoms with Crippen LogP contribution >= 0.6 is 11.3 Å². The first-order chi connectivity index (χ1) is 26.4. The van der Waals surface area contributed by atoms with Crippen LogP contribution in [0.25, 0.3) is 5.65 Å². The van der Waals surface area contributed by atoms with Crippen molar-refractivity contribution in [2.45, 2.75) is 96.9 Å². The lowest BCUT2D eigenvalue weighted by Gasteiger charge is -2.51. The van der Waals surface area contributed by atoms with E-state index in [1.54, 1.807) is 31.7 Å². The summed E-state index contributed by atoms with van der Waals surface area (Å²) < 4.78 is 58.4. The van der Waals surface area contributed by atoms with Crippen LogP contribution in [0.3, 0.4) is 0 Å². The number of fused-ring (bicyclic) bond motifs is 1. The lowest BCUT2D eigenvalue weighted by Crippen LogP contribution is -2.76. The molecule has 0 saturated carbocycles. The van der Waals surface area contributed by atoms with E-state index in [0.29, 0.717) is 23.9 Å². The Labute approximate surface area is 333 Å². The number of amides is 4. The minimum Gasteiger partial charge on any atom is -0.724 e. The summed E-state index contributed by atoms with van der Waals surface area (Å²) in [5, 5.41) is 10.8. The summed E-state index contributed by atoms with van der Waals surface area (Å²) in [6, 6.07) is 2.39. The Hall–Kier alpha value is -5.06. The van der Waals surface area contributed by atoms with Gasteiger partial charge < -0.3 is 33.8 Å². The number of piperidine rings is 1. The van der Waals surface area contributed by atoms with Gasteiger partial charge in [-0.05, 0) is 74.3 Å². The van der Waals surface area contributed by atoms with Gasteiger partial charge in [-0.25, -0.2) is 27.6 Å². The number of thiazole rings is 1. The fraction of sp³-hybridized carbons (Fsp3) is 0.571. The highest BCUT2D eigenvalue weighted by molar-refractivity contribution is 7.80. The molecule has 20 nitrogen and oxygen atoms in total. The van der Waals surface area contributed by atoms with Crippen molar-refractivity contribution < 1.29 is 60.0 Å². The topological polar surface area (TPSA) is 236 Å². The van der Waals surface area contributed by atoms with Gasteiger partial charge in [0, 0.05) is 30.5 Å². The van der Waals surface area contributed by atoms with Crippen LogP contribution in [0.15, 0.2) is 35.1 Å². The van der Waals surface area contributed by atoms with E-state index >= 15 is 0 Å². The third kappa shape index (κ3) is 10.9. The molecule has 2 aliphatic rings. The van der Waals surface area contributed by atoms with Gasteiger partial charge in [0.2, 0.25) is 10.4 Å². The first-order valence-electron chi connectivity index (χ1n) is 18.0. The molecule has 3 aromatic heterocycles. The molecule has 5 heterocycles. The predicted molar refractivity (Wildman–Crippen MR) is 202 cm³/mol. The van der Waals surface area contributed by atoms with Gasteiger partial charge in [0.15, 0.2) is 23.2 Å². The molecule has 2 atom stereocenters. The number of imidazole rings is 1. The Morgan fingerprint density at radius 3 is 2.44 bits per heavy atom. The quantitative estimate of drug-likeness (QED) is 0.0509. The highest BCUT2D eigenvalue weighted by Gasteiger charge is 2.57. The van der Waals surface area contributed by atoms with Crippen molar-refractivity contribution in [1.29, 1.82) is 0 Å². The number of nitrogens with zero attached hydrogens (tertiary/aromatic N) is 6. The number of pyridine rings is 1. The number of rotatable bonds is 12. The maximum absolute atomic E-state index is 13.5. The van der Waals surface area contributed by atoms with Crippen LogP contribution in [0.1, 0.15) is 85.5 Å². The van der Waals surface area contributed by atoms with Crippen molar-refractivity contribution in [1.82, 2.24) is 24.7 Å². The zero-order valence-electron chi connectivity index (χ0n) is 33.2. The van der Waals surface area contributed by atoms with E-state index in [-0.39, 0.29) is 41.8 Å². The summed E-state index contributed by atoms with van der Waals surface area (Å²) in [7, 11) is -3.30. The second kappa shape index (κ2) is 16.4. The van der Waals surface area contributed by atoms with Gasteiger partial charge in [-0.15, -0.1) is 11.3 Å². The van der Waals surface area contributed by atoms with Crippen LogP contribution in [-0.2, 0) is 45.6 Å². The highest BCUT2D eigenvalue weighted by atomic mass is 32.3. The molecule has 0 spiro atoms. The first-order valence-corrected chi connectivity index (χ1v) is 20.2. The molecule has 2 saturated heterocycles. The summed E-state index contributed by atoms with van der Waals surface area (Å²) in [5.41, 5.74) is -1.26. The fourth-order valence-corrected chi connectivity index (χ4v) is 7.30. The molecule has 22 heteroatoms. The summed E-state index contributed by atoms with van der Waals surface area (Å²) >= 11 is 0.964. The molecule has 0 aliphatic carbocycles. The van der Waals surface area contributed by atoms with Crippen molar-refractivity contribution in [3.8, 4) is 5.75 Å². The lowest BCUT2D eigenvalue weighted by atomic mass is 9.84. The molecule has 5 rings (SSSR count). The van der Waals surface area contributed by atoms with E-state index < -0.39 is 51.1 Å². The summed E-state index contributed by atoms with van der Waals surface area (Å²) in [6.07, 6.45) is 4.48. The average Bonchev–Trinajstić information content (AvgIpc) is 3.68. The SMILES string of the molecule is C[n+]1c(C2CCCN(C(=O)OC(C)(C)C)C2)cn2cc(OCCO/N=C(\C(=O)N[C@@H]3C(=O)N(OS(=O)(=O)[O-])C3(C)C)c3csc(NC(=O)OC(C)(C)C)n3)ccc21. The normalized spacial score (nSPS) is 18.8. The molecular formula is C35H48N8O12S2. The lowest BCUT2D eigenvalue weighted by molar-refractivity contribution is -0.653. The number of nitrogens with one attached hydrogen (secondary N) is 2. The van der Waals surface area contributed by atoms with Gasteiger partial charge in [0.1, 0.15) is 47.6 Å². The van der Waals surface area contributed by atoms with E-state index in [9.17, 15) is 32.1 Å². The average molecular weight is 837 g/mol. The van der Waals surface area contributed by atoms with Gasteiger partial charge in [0.25, 0.3) is 17.5 Å². The number of anilines is 1. The number of likely N-dealkylation sites (tertiary alicyclic amines) is 1. The van der Waals surface area contributed by atoms with Crippen LogP contribution in [-0.4, -0.2) is 111 Å². The minimum absolute atomic E-state index is 0.00422. The van der Waals surface area contributed by atoms with Gasteiger partial charge in [-0.1, -0.05) is 5.16 Å². The standard InChI is InChI=1S/C35H48N8O12S2/c1-33(2,3)53-31(46)38-30-36-23(20-56-30)26(28(44)37-27-29(45)43(35(27,7)8)55-57(48,49)50)39-52-16-15-51-22-12-13-25-40(9)24(19-42(25)18-22)21-11-10-14-41(17-21)32(47)54-34(4,5)6/h12-13,18-21,27H,10-11,14-17H2,1-9H3,(H2-,36,37,38,44,46,48,49,50)/b39-26-/t21?,27-/m1/s1. The second-order valence-corrected chi connectivity index (χ2v) is 17.8. The van der Waals surface area contributed by atoms with Crippen LogP contribution < -0.4 is 19.9 Å². The van der Waals surface area contributed by atoms with E-state index in [0.717, 1.165) is 35.5 Å². The van der Waals surface area contributed by atoms with Crippen LogP contribution in [0.2, 0.25) is 0 Å². The van der Waals surface area contributed by atoms with Gasteiger partial charge in [0.05, 0.1) is 12.6 Å². The number of hydroxylamine groups is 2. The number of carbonyl (C=O) groups is 4. The largest absolute Gasteiger partial charge is 0.724 e. The summed E-state index contributed by atoms with van der Waals surface area (Å²) in [6.45, 7) is 14.4. The number of β-lactam (4-membered cyclic amide) rings is 1. The van der Waals surface area contributed by atoms with E-state index in [4.69, 9.17) is 19.0 Å². The number of oxime groups is 1. The fourth-order valence-electron chi connectivity index (χ4n) is 6.17. The second-order valence-electron chi connectivity index (χ2n) is 16.0. The molecule has 0 radical (unpaired) electrons. The van der Waals surface area contributed by atoms with Crippen LogP contribution in [0, 0.1) is 0 Å². The zero-order chi connectivity index (χ0) is 42.1. The van der Waals surface area contributed by atoms with Crippen molar-refractivity contribution >= 4 is 62.2 Å². The molecule has 2 aliphatic heterocycles. The minimum atomic E-state index is -5.27. The number of ether oxygens (including phenoxy) is 3. The van der Waals surface area contributed by atoms with Gasteiger partial charge >= 0.3 is 12.2 Å². The molecular weight excluding hydrogens is 789 g/mol. The number of aryl methyl sites for hydroxylation is 1. The van der Waals surface area contributed by atoms with E-state index in [1.807, 2.05) is 50.7 Å². The zero-order valence-corrected chi connectivity index (χ0v) is 34.8. The molecule has 4 amide bonds. The number of aromatic nitrogens is 3. The van der Waals surface area contributed by atoms with Crippen LogP contribution in [0.4, 0.5) is 14.7 Å². The molecule has 3 aromatic rings. The predicted octanol–water partition coefficient (Wildman–Crippen LogP) is 2.98. The summed E-state index contributed by atoms with van der Waals surface area (Å²) in [4.78, 5) is 62.8.